The molecule has 0 fully saturated rings. The Morgan fingerprint density at radius 1 is 1.56 bits per heavy atom. The van der Waals surface area contributed by atoms with Crippen LogP contribution in [0.15, 0.2) is 0 Å². The van der Waals surface area contributed by atoms with Gasteiger partial charge in [0.2, 0.25) is 0 Å². The molecule has 4 heteroatoms. The fraction of sp³-hybridized carbons (Fsp3) is 1.00. The van der Waals surface area contributed by atoms with E-state index in [0.29, 0.717) is 6.61 Å². The predicted molar refractivity (Wildman–Crippen MR) is 34.1 cm³/mol. The smallest absolute Gasteiger partial charge is 0.511 e. The van der Waals surface area contributed by atoms with Crippen LogP contribution >= 0.6 is 0 Å². The zero-order valence-corrected chi connectivity index (χ0v) is 6.97. The highest BCUT2D eigenvalue weighted by Crippen LogP contribution is 2.11. The van der Waals surface area contributed by atoms with Gasteiger partial charge in [-0.3, -0.25) is 4.46 Å². The van der Waals surface area contributed by atoms with Crippen molar-refractivity contribution in [3.05, 3.63) is 0 Å². The maximum absolute atomic E-state index is 10.0. The standard InChI is InChI=1S/C5H12O3Si/c1-5(2,3)4-8-9(6)7/h6H,4H2,1-3H3. The molecule has 0 heterocycles. The van der Waals surface area contributed by atoms with Crippen molar-refractivity contribution in [2.45, 2.75) is 20.8 Å². The minimum Gasteiger partial charge on any atom is -0.511 e. The van der Waals surface area contributed by atoms with Crippen LogP contribution in [-0.2, 0) is 8.89 Å². The summed E-state index contributed by atoms with van der Waals surface area (Å²) >= 11 is 0. The van der Waals surface area contributed by atoms with Gasteiger partial charge in [-0.1, -0.05) is 20.8 Å². The molecule has 0 aromatic rings. The summed E-state index contributed by atoms with van der Waals surface area (Å²) in [5.74, 6) is 0. The quantitative estimate of drug-likeness (QED) is 0.579. The molecule has 0 saturated heterocycles. The van der Waals surface area contributed by atoms with Crippen molar-refractivity contribution in [2.75, 3.05) is 6.61 Å². The minimum absolute atomic E-state index is 0.0247. The largest absolute Gasteiger partial charge is 0.764 e. The minimum atomic E-state index is -2.72. The first-order valence-corrected chi connectivity index (χ1v) is 4.04. The number of hydrogen-bond acceptors (Lipinski definition) is 2. The number of rotatable bonds is 2. The Bertz CT molecular complexity index is 105. The lowest BCUT2D eigenvalue weighted by Gasteiger charge is -2.16. The van der Waals surface area contributed by atoms with Crippen LogP contribution in [0.25, 0.3) is 0 Å². The Morgan fingerprint density at radius 3 is 2.11 bits per heavy atom. The molecule has 0 amide bonds. The van der Waals surface area contributed by atoms with Crippen molar-refractivity contribution in [2.24, 2.45) is 5.41 Å². The Labute approximate surface area is 56.6 Å². The molecule has 0 aliphatic carbocycles. The van der Waals surface area contributed by atoms with E-state index >= 15 is 0 Å². The summed E-state index contributed by atoms with van der Waals surface area (Å²) < 4.78 is 14.5. The van der Waals surface area contributed by atoms with E-state index in [2.05, 4.69) is 4.43 Å². The van der Waals surface area contributed by atoms with Crippen molar-refractivity contribution < 1.29 is 13.7 Å². The lowest BCUT2D eigenvalue weighted by atomic mass is 9.99. The second-order valence-corrected chi connectivity index (χ2v) is 3.94. The molecule has 0 bridgehead atoms. The van der Waals surface area contributed by atoms with E-state index in [1.165, 1.54) is 0 Å². The van der Waals surface area contributed by atoms with E-state index in [1.807, 2.05) is 20.8 Å². The van der Waals surface area contributed by atoms with E-state index < -0.39 is 9.17 Å². The predicted octanol–water partition coefficient (Wildman–Crippen LogP) is 0.457. The fourth-order valence-electron chi connectivity index (χ4n) is 0.278. The van der Waals surface area contributed by atoms with Crippen molar-refractivity contribution in [3.8, 4) is 0 Å². The summed E-state index contributed by atoms with van der Waals surface area (Å²) in [5.41, 5.74) is -0.0247. The zero-order valence-electron chi connectivity index (χ0n) is 5.97. The normalized spacial score (nSPS) is 11.0. The summed E-state index contributed by atoms with van der Waals surface area (Å²) in [6.07, 6.45) is 0. The van der Waals surface area contributed by atoms with Gasteiger partial charge in [0.15, 0.2) is 0 Å². The average molecular weight is 148 g/mol. The first-order chi connectivity index (χ1) is 3.92. The van der Waals surface area contributed by atoms with Gasteiger partial charge in [-0.05, 0) is 5.41 Å². The van der Waals surface area contributed by atoms with Crippen LogP contribution in [0.3, 0.4) is 0 Å². The molecule has 0 spiro atoms. The van der Waals surface area contributed by atoms with Gasteiger partial charge in [-0.25, -0.2) is 0 Å². The van der Waals surface area contributed by atoms with E-state index in [1.54, 1.807) is 0 Å². The molecule has 54 valence electrons. The first-order valence-electron chi connectivity index (χ1n) is 2.77. The van der Waals surface area contributed by atoms with Crippen LogP contribution in [0.1, 0.15) is 20.8 Å². The van der Waals surface area contributed by atoms with Crippen LogP contribution in [0.2, 0.25) is 0 Å². The summed E-state index contributed by atoms with van der Waals surface area (Å²) in [4.78, 5) is 8.24. The third-order valence-corrected chi connectivity index (χ3v) is 1.02. The van der Waals surface area contributed by atoms with Gasteiger partial charge in [0.1, 0.15) is 0 Å². The Kier molecular flexibility index (Phi) is 2.83. The summed E-state index contributed by atoms with van der Waals surface area (Å²) in [6.45, 7) is 6.16. The fourth-order valence-corrected chi connectivity index (χ4v) is 0.835. The molecule has 3 nitrogen and oxygen atoms in total. The van der Waals surface area contributed by atoms with Gasteiger partial charge < -0.3 is 9.22 Å². The highest BCUT2D eigenvalue weighted by molar-refractivity contribution is 6.24. The maximum atomic E-state index is 10.0. The van der Waals surface area contributed by atoms with Crippen LogP contribution < -0.4 is 0 Å². The van der Waals surface area contributed by atoms with Gasteiger partial charge in [-0.2, -0.15) is 0 Å². The van der Waals surface area contributed by atoms with Gasteiger partial charge >= 0.3 is 9.17 Å². The van der Waals surface area contributed by atoms with Crippen LogP contribution in [-0.4, -0.2) is 20.6 Å². The first kappa shape index (κ1) is 8.62. The van der Waals surface area contributed by atoms with E-state index in [-0.39, 0.29) is 5.41 Å². The molecule has 0 aliphatic heterocycles. The highest BCUT2D eigenvalue weighted by atomic mass is 28.3. The third kappa shape index (κ3) is 7.62. The molecular formula is C5H12O3Si. The maximum Gasteiger partial charge on any atom is 0.764 e. The SMILES string of the molecule is CC(C)(C)CO[Si](=O)O. The summed E-state index contributed by atoms with van der Waals surface area (Å²) in [6, 6.07) is 0. The molecule has 0 rings (SSSR count). The molecule has 0 radical (unpaired) electrons. The second kappa shape index (κ2) is 2.96. The average Bonchev–Trinajstić information content (AvgIpc) is 1.59. The topological polar surface area (TPSA) is 46.5 Å². The number of hydrogen-bond donors (Lipinski definition) is 1. The van der Waals surface area contributed by atoms with Crippen LogP contribution in [0.4, 0.5) is 0 Å². The highest BCUT2D eigenvalue weighted by Gasteiger charge is 2.14. The Balaban J connectivity index is 3.39. The molecule has 0 saturated carbocycles. The summed E-state index contributed by atoms with van der Waals surface area (Å²) in [5, 5.41) is 0. The van der Waals surface area contributed by atoms with Crippen molar-refractivity contribution in [1.82, 2.24) is 0 Å². The molecule has 1 N–H and O–H groups in total. The molecule has 0 aromatic heterocycles. The monoisotopic (exact) mass is 148 g/mol. The zero-order chi connectivity index (χ0) is 7.49. The lowest BCUT2D eigenvalue weighted by Crippen LogP contribution is -2.18. The van der Waals surface area contributed by atoms with Gasteiger partial charge in [0.25, 0.3) is 0 Å². The Morgan fingerprint density at radius 2 is 2.00 bits per heavy atom. The molecule has 0 aromatic carbocycles. The van der Waals surface area contributed by atoms with Crippen molar-refractivity contribution >= 4 is 9.17 Å². The second-order valence-electron chi connectivity index (χ2n) is 3.12. The van der Waals surface area contributed by atoms with E-state index in [4.69, 9.17) is 4.80 Å². The van der Waals surface area contributed by atoms with Gasteiger partial charge in [0.05, 0.1) is 6.61 Å². The Hall–Kier alpha value is -0.383. The molecule has 0 unspecified atom stereocenters. The van der Waals surface area contributed by atoms with Crippen molar-refractivity contribution in [1.29, 1.82) is 0 Å². The van der Waals surface area contributed by atoms with E-state index in [9.17, 15) is 4.46 Å². The van der Waals surface area contributed by atoms with Gasteiger partial charge in [-0.15, -0.1) is 0 Å². The van der Waals surface area contributed by atoms with Gasteiger partial charge in [0, 0.05) is 0 Å². The van der Waals surface area contributed by atoms with E-state index in [0.717, 1.165) is 0 Å². The molecular weight excluding hydrogens is 136 g/mol. The van der Waals surface area contributed by atoms with Crippen LogP contribution in [0.5, 0.6) is 0 Å². The summed E-state index contributed by atoms with van der Waals surface area (Å²) in [7, 11) is -2.72. The van der Waals surface area contributed by atoms with Crippen LogP contribution in [0, 0.1) is 5.41 Å². The lowest BCUT2D eigenvalue weighted by molar-refractivity contribution is 0.151. The molecule has 0 aliphatic rings. The molecule has 9 heavy (non-hydrogen) atoms. The van der Waals surface area contributed by atoms with Crippen molar-refractivity contribution in [3.63, 3.8) is 0 Å². The molecule has 0 atom stereocenters. The third-order valence-electron chi connectivity index (χ3n) is 0.629.